The summed E-state index contributed by atoms with van der Waals surface area (Å²) >= 11 is 3.45. The SMILES string of the molecule is O=C(Cc1cccc(O)c1)N1CCCC1CBr. The Hall–Kier alpha value is -1.03. The standard InChI is InChI=1S/C13H16BrNO2/c14-9-11-4-2-6-15(11)13(17)8-10-3-1-5-12(16)7-10/h1,3,5,7,11,16H,2,4,6,8-9H2. The summed E-state index contributed by atoms with van der Waals surface area (Å²) < 4.78 is 0. The van der Waals surface area contributed by atoms with Crippen molar-refractivity contribution in [2.45, 2.75) is 25.3 Å². The third kappa shape index (κ3) is 3.00. The van der Waals surface area contributed by atoms with Crippen molar-refractivity contribution in [1.82, 2.24) is 4.90 Å². The molecule has 1 N–H and O–H groups in total. The Bertz CT molecular complexity index is 408. The molecular formula is C13H16BrNO2. The maximum atomic E-state index is 12.1. The lowest BCUT2D eigenvalue weighted by Crippen LogP contribution is -2.37. The van der Waals surface area contributed by atoms with Gasteiger partial charge in [-0.2, -0.15) is 0 Å². The second kappa shape index (κ2) is 5.54. The molecule has 1 atom stereocenters. The Morgan fingerprint density at radius 2 is 2.35 bits per heavy atom. The van der Waals surface area contributed by atoms with Crippen LogP contribution in [0.15, 0.2) is 24.3 Å². The predicted octanol–water partition coefficient (Wildman–Crippen LogP) is 2.32. The fourth-order valence-corrected chi connectivity index (χ4v) is 2.94. The molecule has 0 aliphatic carbocycles. The van der Waals surface area contributed by atoms with Crippen LogP contribution in [0.3, 0.4) is 0 Å². The predicted molar refractivity (Wildman–Crippen MR) is 70.3 cm³/mol. The molecule has 1 aliphatic heterocycles. The minimum absolute atomic E-state index is 0.151. The van der Waals surface area contributed by atoms with E-state index in [1.165, 1.54) is 0 Å². The zero-order chi connectivity index (χ0) is 12.3. The lowest BCUT2D eigenvalue weighted by molar-refractivity contribution is -0.130. The fourth-order valence-electron chi connectivity index (χ4n) is 2.27. The summed E-state index contributed by atoms with van der Waals surface area (Å²) in [6, 6.07) is 7.24. The maximum Gasteiger partial charge on any atom is 0.227 e. The van der Waals surface area contributed by atoms with Gasteiger partial charge in [-0.3, -0.25) is 4.79 Å². The number of halogens is 1. The summed E-state index contributed by atoms with van der Waals surface area (Å²) in [5.74, 6) is 0.367. The van der Waals surface area contributed by atoms with Gasteiger partial charge in [-0.1, -0.05) is 28.1 Å². The molecule has 0 aromatic heterocycles. The van der Waals surface area contributed by atoms with Gasteiger partial charge in [-0.15, -0.1) is 0 Å². The van der Waals surface area contributed by atoms with Crippen LogP contribution in [0.5, 0.6) is 5.75 Å². The fraction of sp³-hybridized carbons (Fsp3) is 0.462. The smallest absolute Gasteiger partial charge is 0.227 e. The molecule has 1 saturated heterocycles. The van der Waals surface area contributed by atoms with Gasteiger partial charge in [0.15, 0.2) is 0 Å². The minimum atomic E-state index is 0.151. The van der Waals surface area contributed by atoms with E-state index in [1.54, 1.807) is 18.2 Å². The highest BCUT2D eigenvalue weighted by Gasteiger charge is 2.27. The Morgan fingerprint density at radius 1 is 1.53 bits per heavy atom. The van der Waals surface area contributed by atoms with Gasteiger partial charge in [0.05, 0.1) is 6.42 Å². The number of benzene rings is 1. The number of nitrogens with zero attached hydrogens (tertiary/aromatic N) is 1. The van der Waals surface area contributed by atoms with Gasteiger partial charge >= 0.3 is 0 Å². The number of rotatable bonds is 3. The van der Waals surface area contributed by atoms with Crippen LogP contribution in [0.1, 0.15) is 18.4 Å². The van der Waals surface area contributed by atoms with Gasteiger partial charge in [0.1, 0.15) is 5.75 Å². The van der Waals surface area contributed by atoms with Gasteiger partial charge in [0, 0.05) is 17.9 Å². The van der Waals surface area contributed by atoms with E-state index in [2.05, 4.69) is 15.9 Å². The van der Waals surface area contributed by atoms with E-state index in [1.807, 2.05) is 11.0 Å². The summed E-state index contributed by atoms with van der Waals surface area (Å²) in [6.07, 6.45) is 2.54. The molecular weight excluding hydrogens is 282 g/mol. The van der Waals surface area contributed by atoms with Gasteiger partial charge in [-0.05, 0) is 30.5 Å². The molecule has 1 aliphatic rings. The number of hydrogen-bond donors (Lipinski definition) is 1. The van der Waals surface area contributed by atoms with Gasteiger partial charge in [0.2, 0.25) is 5.91 Å². The van der Waals surface area contributed by atoms with Crippen LogP contribution in [-0.2, 0) is 11.2 Å². The normalized spacial score (nSPS) is 19.6. The number of amides is 1. The molecule has 4 heteroatoms. The first-order valence-electron chi connectivity index (χ1n) is 5.84. The van der Waals surface area contributed by atoms with Crippen molar-refractivity contribution in [3.63, 3.8) is 0 Å². The Balaban J connectivity index is 2.01. The Labute approximate surface area is 110 Å². The van der Waals surface area contributed by atoms with Crippen molar-refractivity contribution < 1.29 is 9.90 Å². The first-order chi connectivity index (χ1) is 8.20. The van der Waals surface area contributed by atoms with Gasteiger partial charge in [0.25, 0.3) is 0 Å². The number of hydrogen-bond acceptors (Lipinski definition) is 2. The highest BCUT2D eigenvalue weighted by molar-refractivity contribution is 9.09. The van der Waals surface area contributed by atoms with Crippen molar-refractivity contribution in [1.29, 1.82) is 0 Å². The number of carbonyl (C=O) groups excluding carboxylic acids is 1. The number of alkyl halides is 1. The van der Waals surface area contributed by atoms with E-state index < -0.39 is 0 Å². The van der Waals surface area contributed by atoms with E-state index in [4.69, 9.17) is 0 Å². The molecule has 17 heavy (non-hydrogen) atoms. The zero-order valence-corrected chi connectivity index (χ0v) is 11.2. The second-order valence-corrected chi connectivity index (χ2v) is 5.03. The molecule has 0 bridgehead atoms. The minimum Gasteiger partial charge on any atom is -0.508 e. The van der Waals surface area contributed by atoms with E-state index in [0.717, 1.165) is 30.3 Å². The third-order valence-corrected chi connectivity index (χ3v) is 3.89. The number of likely N-dealkylation sites (tertiary alicyclic amines) is 1. The van der Waals surface area contributed by atoms with E-state index in [9.17, 15) is 9.90 Å². The van der Waals surface area contributed by atoms with Gasteiger partial charge in [-0.25, -0.2) is 0 Å². The molecule has 0 saturated carbocycles. The Kier molecular flexibility index (Phi) is 4.05. The third-order valence-electron chi connectivity index (χ3n) is 3.14. The van der Waals surface area contributed by atoms with E-state index in [0.29, 0.717) is 12.5 Å². The van der Waals surface area contributed by atoms with Crippen molar-refractivity contribution in [2.24, 2.45) is 0 Å². The second-order valence-electron chi connectivity index (χ2n) is 4.38. The number of phenolic OH excluding ortho intramolecular Hbond substituents is 1. The van der Waals surface area contributed by atoms with Crippen LogP contribution in [-0.4, -0.2) is 33.8 Å². The summed E-state index contributed by atoms with van der Waals surface area (Å²) in [5, 5.41) is 10.2. The zero-order valence-electron chi connectivity index (χ0n) is 9.60. The number of carbonyl (C=O) groups is 1. The molecule has 0 radical (unpaired) electrons. The average molecular weight is 298 g/mol. The van der Waals surface area contributed by atoms with Crippen LogP contribution in [0, 0.1) is 0 Å². The first kappa shape index (κ1) is 12.4. The molecule has 1 unspecified atom stereocenters. The van der Waals surface area contributed by atoms with Gasteiger partial charge < -0.3 is 10.0 Å². The van der Waals surface area contributed by atoms with E-state index in [-0.39, 0.29) is 11.7 Å². The number of phenols is 1. The molecule has 0 spiro atoms. The quantitative estimate of drug-likeness (QED) is 0.870. The summed E-state index contributed by atoms with van der Waals surface area (Å²) in [5.41, 5.74) is 0.871. The number of aromatic hydroxyl groups is 1. The van der Waals surface area contributed by atoms with Crippen molar-refractivity contribution in [2.75, 3.05) is 11.9 Å². The molecule has 1 aromatic carbocycles. The molecule has 92 valence electrons. The van der Waals surface area contributed by atoms with Crippen LogP contribution in [0.2, 0.25) is 0 Å². The molecule has 1 heterocycles. The van der Waals surface area contributed by atoms with Crippen molar-refractivity contribution in [3.05, 3.63) is 29.8 Å². The summed E-state index contributed by atoms with van der Waals surface area (Å²) in [7, 11) is 0. The lowest BCUT2D eigenvalue weighted by atomic mass is 10.1. The molecule has 1 fully saturated rings. The van der Waals surface area contributed by atoms with Crippen LogP contribution < -0.4 is 0 Å². The maximum absolute atomic E-state index is 12.1. The molecule has 2 rings (SSSR count). The van der Waals surface area contributed by atoms with Crippen molar-refractivity contribution in [3.8, 4) is 5.75 Å². The lowest BCUT2D eigenvalue weighted by Gasteiger charge is -2.23. The van der Waals surface area contributed by atoms with E-state index >= 15 is 0 Å². The summed E-state index contributed by atoms with van der Waals surface area (Å²) in [4.78, 5) is 14.1. The molecule has 1 aromatic rings. The highest BCUT2D eigenvalue weighted by atomic mass is 79.9. The topological polar surface area (TPSA) is 40.5 Å². The van der Waals surface area contributed by atoms with Crippen LogP contribution in [0.25, 0.3) is 0 Å². The van der Waals surface area contributed by atoms with Crippen LogP contribution >= 0.6 is 15.9 Å². The monoisotopic (exact) mass is 297 g/mol. The Morgan fingerprint density at radius 3 is 3.06 bits per heavy atom. The average Bonchev–Trinajstić information content (AvgIpc) is 2.77. The summed E-state index contributed by atoms with van der Waals surface area (Å²) in [6.45, 7) is 0.855. The molecule has 3 nitrogen and oxygen atoms in total. The largest absolute Gasteiger partial charge is 0.508 e. The first-order valence-corrected chi connectivity index (χ1v) is 6.96. The molecule has 1 amide bonds. The highest BCUT2D eigenvalue weighted by Crippen LogP contribution is 2.20. The van der Waals surface area contributed by atoms with Crippen molar-refractivity contribution >= 4 is 21.8 Å². The van der Waals surface area contributed by atoms with Crippen LogP contribution in [0.4, 0.5) is 0 Å².